The average molecular weight is 459 g/mol. The molecule has 1 heterocycles. The van der Waals surface area contributed by atoms with Crippen molar-refractivity contribution in [3.63, 3.8) is 0 Å². The van der Waals surface area contributed by atoms with E-state index >= 15 is 0 Å². The van der Waals surface area contributed by atoms with Crippen LogP contribution in [0.25, 0.3) is 0 Å². The SMILES string of the molecule is NCC(=O)N1CCC(COC(=O)Nc2ccccc2)(C(C(N)=O)c2ccccc2Cl)CC1. The van der Waals surface area contributed by atoms with E-state index in [9.17, 15) is 14.4 Å². The summed E-state index contributed by atoms with van der Waals surface area (Å²) in [5.41, 5.74) is 11.7. The van der Waals surface area contributed by atoms with Crippen LogP contribution in [0, 0.1) is 5.41 Å². The summed E-state index contributed by atoms with van der Waals surface area (Å²) in [5.74, 6) is -1.53. The molecule has 1 aliphatic heterocycles. The Morgan fingerprint density at radius 1 is 1.06 bits per heavy atom. The van der Waals surface area contributed by atoms with Crippen LogP contribution in [0.3, 0.4) is 0 Å². The van der Waals surface area contributed by atoms with Crippen LogP contribution in [-0.2, 0) is 14.3 Å². The Kier molecular flexibility index (Phi) is 7.71. The van der Waals surface area contributed by atoms with Crippen LogP contribution in [0.1, 0.15) is 24.3 Å². The number of primary amides is 1. The van der Waals surface area contributed by atoms with Gasteiger partial charge in [0.1, 0.15) is 6.61 Å². The highest BCUT2D eigenvalue weighted by Crippen LogP contribution is 2.46. The fourth-order valence-electron chi connectivity index (χ4n) is 4.23. The van der Waals surface area contributed by atoms with Gasteiger partial charge in [0.15, 0.2) is 0 Å². The second-order valence-corrected chi connectivity index (χ2v) is 8.28. The lowest BCUT2D eigenvalue weighted by Crippen LogP contribution is -2.51. The highest BCUT2D eigenvalue weighted by Gasteiger charge is 2.47. The minimum atomic E-state index is -0.823. The number of benzene rings is 2. The van der Waals surface area contributed by atoms with Crippen LogP contribution in [0.5, 0.6) is 0 Å². The quantitative estimate of drug-likeness (QED) is 0.587. The van der Waals surface area contributed by atoms with Crippen LogP contribution in [0.2, 0.25) is 5.02 Å². The van der Waals surface area contributed by atoms with Gasteiger partial charge in [0.05, 0.1) is 12.5 Å². The Hall–Kier alpha value is -3.10. The van der Waals surface area contributed by atoms with E-state index in [1.807, 2.05) is 6.07 Å². The first-order valence-corrected chi connectivity index (χ1v) is 10.7. The van der Waals surface area contributed by atoms with Crippen LogP contribution in [0.15, 0.2) is 54.6 Å². The maximum atomic E-state index is 12.7. The molecule has 170 valence electrons. The molecule has 2 aromatic rings. The van der Waals surface area contributed by atoms with Crippen LogP contribution < -0.4 is 16.8 Å². The fraction of sp³-hybridized carbons (Fsp3) is 0.348. The Bertz CT molecular complexity index is 961. The molecule has 2 aromatic carbocycles. The van der Waals surface area contributed by atoms with E-state index < -0.39 is 23.3 Å². The van der Waals surface area contributed by atoms with Gasteiger partial charge in [-0.2, -0.15) is 0 Å². The van der Waals surface area contributed by atoms with Crippen molar-refractivity contribution in [1.82, 2.24) is 4.90 Å². The molecule has 3 amide bonds. The van der Waals surface area contributed by atoms with Gasteiger partial charge in [0.25, 0.3) is 0 Å². The molecule has 32 heavy (non-hydrogen) atoms. The number of para-hydroxylation sites is 1. The minimum Gasteiger partial charge on any atom is -0.449 e. The van der Waals surface area contributed by atoms with Gasteiger partial charge in [-0.15, -0.1) is 0 Å². The van der Waals surface area contributed by atoms with Gasteiger partial charge in [-0.1, -0.05) is 48.0 Å². The molecule has 0 radical (unpaired) electrons. The molecule has 1 unspecified atom stereocenters. The molecule has 0 saturated carbocycles. The van der Waals surface area contributed by atoms with Crippen molar-refractivity contribution in [1.29, 1.82) is 0 Å². The molecule has 3 rings (SSSR count). The lowest BCUT2D eigenvalue weighted by Gasteiger charge is -2.45. The second-order valence-electron chi connectivity index (χ2n) is 7.87. The number of hydrogen-bond acceptors (Lipinski definition) is 5. The lowest BCUT2D eigenvalue weighted by atomic mass is 9.66. The fourth-order valence-corrected chi connectivity index (χ4v) is 4.47. The summed E-state index contributed by atoms with van der Waals surface area (Å²) in [7, 11) is 0. The highest BCUT2D eigenvalue weighted by atomic mass is 35.5. The number of carbonyl (C=O) groups is 3. The maximum Gasteiger partial charge on any atom is 0.411 e. The molecule has 0 aliphatic carbocycles. The van der Waals surface area contributed by atoms with Crippen molar-refractivity contribution >= 4 is 35.2 Å². The Balaban J connectivity index is 1.86. The van der Waals surface area contributed by atoms with Crippen molar-refractivity contribution < 1.29 is 19.1 Å². The number of nitrogens with two attached hydrogens (primary N) is 2. The molecule has 0 spiro atoms. The Labute approximate surface area is 191 Å². The summed E-state index contributed by atoms with van der Waals surface area (Å²) in [6.07, 6.45) is 0.158. The Morgan fingerprint density at radius 3 is 2.28 bits per heavy atom. The molecular weight excluding hydrogens is 432 g/mol. The number of nitrogens with zero attached hydrogens (tertiary/aromatic N) is 1. The first kappa shape index (κ1) is 23.6. The van der Waals surface area contributed by atoms with E-state index in [1.165, 1.54) is 0 Å². The van der Waals surface area contributed by atoms with Crippen molar-refractivity contribution in [2.75, 3.05) is 31.6 Å². The van der Waals surface area contributed by atoms with E-state index in [1.54, 1.807) is 53.4 Å². The molecule has 1 atom stereocenters. The van der Waals surface area contributed by atoms with E-state index in [0.717, 1.165) is 0 Å². The van der Waals surface area contributed by atoms with E-state index in [-0.39, 0.29) is 19.1 Å². The summed E-state index contributed by atoms with van der Waals surface area (Å²) in [4.78, 5) is 38.8. The highest BCUT2D eigenvalue weighted by molar-refractivity contribution is 6.31. The summed E-state index contributed by atoms with van der Waals surface area (Å²) in [6, 6.07) is 15.9. The summed E-state index contributed by atoms with van der Waals surface area (Å²) in [5, 5.41) is 3.08. The van der Waals surface area contributed by atoms with Gasteiger partial charge in [0.2, 0.25) is 11.8 Å². The van der Waals surface area contributed by atoms with Crippen molar-refractivity contribution in [2.24, 2.45) is 16.9 Å². The molecule has 1 aliphatic rings. The third kappa shape index (κ3) is 5.38. The molecule has 0 bridgehead atoms. The molecule has 5 N–H and O–H groups in total. The van der Waals surface area contributed by atoms with Crippen LogP contribution in [-0.4, -0.2) is 49.0 Å². The number of anilines is 1. The monoisotopic (exact) mass is 458 g/mol. The largest absolute Gasteiger partial charge is 0.449 e. The molecule has 8 nitrogen and oxygen atoms in total. The summed E-state index contributed by atoms with van der Waals surface area (Å²) in [6.45, 7) is 0.587. The van der Waals surface area contributed by atoms with E-state index in [2.05, 4.69) is 5.32 Å². The third-order valence-corrected chi connectivity index (χ3v) is 6.25. The average Bonchev–Trinajstić information content (AvgIpc) is 2.80. The minimum absolute atomic E-state index is 0.0604. The number of hydrogen-bond donors (Lipinski definition) is 3. The predicted octanol–water partition coefficient (Wildman–Crippen LogP) is 2.73. The van der Waals surface area contributed by atoms with E-state index in [4.69, 9.17) is 27.8 Å². The number of likely N-dealkylation sites (tertiary alicyclic amines) is 1. The van der Waals surface area contributed by atoms with Gasteiger partial charge < -0.3 is 21.1 Å². The number of ether oxygens (including phenoxy) is 1. The predicted molar refractivity (Wildman–Crippen MR) is 122 cm³/mol. The number of amides is 3. The van der Waals surface area contributed by atoms with Gasteiger partial charge in [-0.05, 0) is 36.6 Å². The van der Waals surface area contributed by atoms with Gasteiger partial charge in [-0.3, -0.25) is 14.9 Å². The summed E-state index contributed by atoms with van der Waals surface area (Å²) < 4.78 is 5.57. The zero-order valence-electron chi connectivity index (χ0n) is 17.6. The third-order valence-electron chi connectivity index (χ3n) is 5.91. The number of carbonyl (C=O) groups excluding carboxylic acids is 3. The number of nitrogens with one attached hydrogen (secondary N) is 1. The molecule has 9 heteroatoms. The normalized spacial score (nSPS) is 16.1. The Morgan fingerprint density at radius 2 is 1.69 bits per heavy atom. The zero-order valence-corrected chi connectivity index (χ0v) is 18.4. The first-order chi connectivity index (χ1) is 15.4. The van der Waals surface area contributed by atoms with E-state index in [0.29, 0.717) is 42.2 Å². The topological polar surface area (TPSA) is 128 Å². The first-order valence-electron chi connectivity index (χ1n) is 10.4. The van der Waals surface area contributed by atoms with Crippen LogP contribution in [0.4, 0.5) is 10.5 Å². The van der Waals surface area contributed by atoms with Gasteiger partial charge in [0, 0.05) is 29.2 Å². The number of rotatable bonds is 7. The molecule has 1 fully saturated rings. The van der Waals surface area contributed by atoms with Gasteiger partial charge in [-0.25, -0.2) is 4.79 Å². The lowest BCUT2D eigenvalue weighted by molar-refractivity contribution is -0.134. The van der Waals surface area contributed by atoms with Crippen LogP contribution >= 0.6 is 11.6 Å². The smallest absolute Gasteiger partial charge is 0.411 e. The maximum absolute atomic E-state index is 12.7. The molecule has 1 saturated heterocycles. The standard InChI is InChI=1S/C23H27ClN4O4/c24-18-9-5-4-8-17(18)20(21(26)30)23(10-12-28(13-11-23)19(29)14-25)15-32-22(31)27-16-6-2-1-3-7-16/h1-9,20H,10-15,25H2,(H2,26,30)(H,27,31). The van der Waals surface area contributed by atoms with Crippen molar-refractivity contribution in [2.45, 2.75) is 18.8 Å². The number of piperidine rings is 1. The molecular formula is C23H27ClN4O4. The van der Waals surface area contributed by atoms with Gasteiger partial charge >= 0.3 is 6.09 Å². The van der Waals surface area contributed by atoms with Crippen molar-refractivity contribution in [3.8, 4) is 0 Å². The van der Waals surface area contributed by atoms with Crippen molar-refractivity contribution in [3.05, 3.63) is 65.2 Å². The number of halogens is 1. The zero-order chi connectivity index (χ0) is 23.1. The molecule has 0 aromatic heterocycles. The second kappa shape index (κ2) is 10.5. The summed E-state index contributed by atoms with van der Waals surface area (Å²) >= 11 is 6.41.